The second-order valence-electron chi connectivity index (χ2n) is 5.10. The molecule has 1 saturated heterocycles. The van der Waals surface area contributed by atoms with Gasteiger partial charge < -0.3 is 10.2 Å². The van der Waals surface area contributed by atoms with Gasteiger partial charge in [-0.2, -0.15) is 0 Å². The fourth-order valence-electron chi connectivity index (χ4n) is 2.25. The maximum Gasteiger partial charge on any atom is 0.222 e. The third-order valence-electron chi connectivity index (χ3n) is 3.19. The summed E-state index contributed by atoms with van der Waals surface area (Å²) in [6, 6.07) is 0.212. The lowest BCUT2D eigenvalue weighted by Gasteiger charge is -2.31. The molecule has 0 aromatic heterocycles. The fraction of sp³-hybridized carbons (Fsp3) is 0.846. The molecule has 1 N–H and O–H groups in total. The van der Waals surface area contributed by atoms with Gasteiger partial charge in [-0.3, -0.25) is 9.59 Å². The minimum Gasteiger partial charge on any atom is -0.354 e. The third kappa shape index (κ3) is 4.75. The first kappa shape index (κ1) is 14.0. The molecule has 1 rings (SSSR count). The van der Waals surface area contributed by atoms with E-state index >= 15 is 0 Å². The zero-order valence-electron chi connectivity index (χ0n) is 11.2. The van der Waals surface area contributed by atoms with Crippen molar-refractivity contribution < 1.29 is 9.59 Å². The van der Waals surface area contributed by atoms with Crippen LogP contribution in [0.15, 0.2) is 0 Å². The highest BCUT2D eigenvalue weighted by molar-refractivity contribution is 5.77. The smallest absolute Gasteiger partial charge is 0.222 e. The molecule has 1 aliphatic heterocycles. The molecule has 0 aliphatic carbocycles. The van der Waals surface area contributed by atoms with Gasteiger partial charge in [-0.25, -0.2) is 0 Å². The number of hydrogen-bond acceptors (Lipinski definition) is 2. The zero-order valence-corrected chi connectivity index (χ0v) is 11.2. The molecular formula is C13H24N2O2. The SMILES string of the molecule is CCC(=O)N1CCC(CC(=O)NC(C)C)CC1. The number of nitrogens with one attached hydrogen (secondary N) is 1. The average molecular weight is 240 g/mol. The Labute approximate surface area is 104 Å². The van der Waals surface area contributed by atoms with Gasteiger partial charge in [0, 0.05) is 32.0 Å². The molecule has 0 atom stereocenters. The summed E-state index contributed by atoms with van der Waals surface area (Å²) in [5.41, 5.74) is 0. The minimum absolute atomic E-state index is 0.139. The normalized spacial score (nSPS) is 17.3. The summed E-state index contributed by atoms with van der Waals surface area (Å²) in [4.78, 5) is 25.0. The Morgan fingerprint density at radius 3 is 2.35 bits per heavy atom. The number of carbonyl (C=O) groups is 2. The second kappa shape index (κ2) is 6.62. The first-order valence-corrected chi connectivity index (χ1v) is 6.60. The molecule has 17 heavy (non-hydrogen) atoms. The van der Waals surface area contributed by atoms with E-state index in [1.165, 1.54) is 0 Å². The molecule has 4 nitrogen and oxygen atoms in total. The van der Waals surface area contributed by atoms with Crippen molar-refractivity contribution in [1.82, 2.24) is 10.2 Å². The molecule has 0 bridgehead atoms. The van der Waals surface area contributed by atoms with Gasteiger partial charge in [-0.15, -0.1) is 0 Å². The van der Waals surface area contributed by atoms with E-state index in [2.05, 4.69) is 5.32 Å². The molecule has 98 valence electrons. The Kier molecular flexibility index (Phi) is 5.45. The van der Waals surface area contributed by atoms with Crippen LogP contribution in [0.1, 0.15) is 46.5 Å². The Balaban J connectivity index is 2.27. The number of hydrogen-bond donors (Lipinski definition) is 1. The summed E-state index contributed by atoms with van der Waals surface area (Å²) in [5.74, 6) is 0.810. The largest absolute Gasteiger partial charge is 0.354 e. The average Bonchev–Trinajstić information content (AvgIpc) is 2.28. The molecule has 2 amide bonds. The Bertz CT molecular complexity index is 269. The van der Waals surface area contributed by atoms with Gasteiger partial charge in [-0.1, -0.05) is 6.92 Å². The summed E-state index contributed by atoms with van der Waals surface area (Å²) in [6.07, 6.45) is 3.10. The van der Waals surface area contributed by atoms with Crippen LogP contribution in [0.4, 0.5) is 0 Å². The van der Waals surface area contributed by atoms with Crippen molar-refractivity contribution in [2.24, 2.45) is 5.92 Å². The molecule has 1 heterocycles. The second-order valence-corrected chi connectivity index (χ2v) is 5.10. The highest BCUT2D eigenvalue weighted by atomic mass is 16.2. The number of carbonyl (C=O) groups excluding carboxylic acids is 2. The molecule has 0 radical (unpaired) electrons. The van der Waals surface area contributed by atoms with E-state index in [1.807, 2.05) is 25.7 Å². The van der Waals surface area contributed by atoms with Gasteiger partial charge in [0.1, 0.15) is 0 Å². The summed E-state index contributed by atoms with van der Waals surface area (Å²) >= 11 is 0. The van der Waals surface area contributed by atoms with E-state index in [0.29, 0.717) is 18.8 Å². The first-order chi connectivity index (χ1) is 8.02. The number of rotatable bonds is 4. The van der Waals surface area contributed by atoms with Crippen molar-refractivity contribution in [2.45, 2.75) is 52.5 Å². The van der Waals surface area contributed by atoms with Gasteiger partial charge in [0.2, 0.25) is 11.8 Å². The topological polar surface area (TPSA) is 49.4 Å². The van der Waals surface area contributed by atoms with Gasteiger partial charge >= 0.3 is 0 Å². The van der Waals surface area contributed by atoms with Crippen LogP contribution in [0.3, 0.4) is 0 Å². The van der Waals surface area contributed by atoms with Crippen LogP contribution < -0.4 is 5.32 Å². The maximum absolute atomic E-state index is 11.6. The molecule has 0 aromatic carbocycles. The molecule has 0 spiro atoms. The van der Waals surface area contributed by atoms with Crippen LogP contribution in [0.2, 0.25) is 0 Å². The number of piperidine rings is 1. The lowest BCUT2D eigenvalue weighted by atomic mass is 9.93. The van der Waals surface area contributed by atoms with Crippen molar-refractivity contribution in [3.63, 3.8) is 0 Å². The molecule has 1 aliphatic rings. The number of nitrogens with zero attached hydrogens (tertiary/aromatic N) is 1. The van der Waals surface area contributed by atoms with E-state index in [1.54, 1.807) is 0 Å². The van der Waals surface area contributed by atoms with Crippen molar-refractivity contribution in [2.75, 3.05) is 13.1 Å². The van der Waals surface area contributed by atoms with E-state index in [0.717, 1.165) is 25.9 Å². The lowest BCUT2D eigenvalue weighted by Crippen LogP contribution is -2.40. The summed E-state index contributed by atoms with van der Waals surface area (Å²) in [6.45, 7) is 7.46. The molecule has 0 saturated carbocycles. The van der Waals surface area contributed by atoms with Crippen molar-refractivity contribution in [3.05, 3.63) is 0 Å². The van der Waals surface area contributed by atoms with Gasteiger partial charge in [0.25, 0.3) is 0 Å². The maximum atomic E-state index is 11.6. The van der Waals surface area contributed by atoms with E-state index < -0.39 is 0 Å². The zero-order chi connectivity index (χ0) is 12.8. The molecule has 0 aromatic rings. The van der Waals surface area contributed by atoms with Crippen LogP contribution in [-0.4, -0.2) is 35.8 Å². The van der Waals surface area contributed by atoms with Crippen molar-refractivity contribution in [3.8, 4) is 0 Å². The molecule has 1 fully saturated rings. The van der Waals surface area contributed by atoms with Gasteiger partial charge in [-0.05, 0) is 32.6 Å². The third-order valence-corrected chi connectivity index (χ3v) is 3.19. The predicted molar refractivity (Wildman–Crippen MR) is 67.5 cm³/mol. The highest BCUT2D eigenvalue weighted by Gasteiger charge is 2.23. The number of likely N-dealkylation sites (tertiary alicyclic amines) is 1. The monoisotopic (exact) mass is 240 g/mol. The van der Waals surface area contributed by atoms with Crippen LogP contribution >= 0.6 is 0 Å². The Morgan fingerprint density at radius 1 is 1.29 bits per heavy atom. The van der Waals surface area contributed by atoms with Gasteiger partial charge in [0.05, 0.1) is 0 Å². The quantitative estimate of drug-likeness (QED) is 0.810. The predicted octanol–water partition coefficient (Wildman–Crippen LogP) is 1.55. The first-order valence-electron chi connectivity index (χ1n) is 6.60. The Morgan fingerprint density at radius 2 is 1.88 bits per heavy atom. The van der Waals surface area contributed by atoms with E-state index in [9.17, 15) is 9.59 Å². The summed E-state index contributed by atoms with van der Waals surface area (Å²) in [5, 5.41) is 2.92. The lowest BCUT2D eigenvalue weighted by molar-refractivity contribution is -0.132. The van der Waals surface area contributed by atoms with Crippen LogP contribution in [0.25, 0.3) is 0 Å². The summed E-state index contributed by atoms with van der Waals surface area (Å²) in [7, 11) is 0. The summed E-state index contributed by atoms with van der Waals surface area (Å²) < 4.78 is 0. The van der Waals surface area contributed by atoms with E-state index in [4.69, 9.17) is 0 Å². The number of amides is 2. The van der Waals surface area contributed by atoms with Crippen molar-refractivity contribution in [1.29, 1.82) is 0 Å². The Hall–Kier alpha value is -1.06. The van der Waals surface area contributed by atoms with Crippen molar-refractivity contribution >= 4 is 11.8 Å². The molecule has 0 unspecified atom stereocenters. The fourth-order valence-corrected chi connectivity index (χ4v) is 2.25. The van der Waals surface area contributed by atoms with Gasteiger partial charge in [0.15, 0.2) is 0 Å². The van der Waals surface area contributed by atoms with E-state index in [-0.39, 0.29) is 17.9 Å². The van der Waals surface area contributed by atoms with Crippen LogP contribution in [-0.2, 0) is 9.59 Å². The van der Waals surface area contributed by atoms with Crippen LogP contribution in [0, 0.1) is 5.92 Å². The standard InChI is InChI=1S/C13H24N2O2/c1-4-13(17)15-7-5-11(6-8-15)9-12(16)14-10(2)3/h10-11H,4-9H2,1-3H3,(H,14,16). The van der Waals surface area contributed by atoms with Crippen LogP contribution in [0.5, 0.6) is 0 Å². The highest BCUT2D eigenvalue weighted by Crippen LogP contribution is 2.20. The minimum atomic E-state index is 0.139. The molecule has 4 heteroatoms. The molecular weight excluding hydrogens is 216 g/mol.